The first-order valence-corrected chi connectivity index (χ1v) is 10.5. The topological polar surface area (TPSA) is 44.8 Å². The second-order valence-corrected chi connectivity index (χ2v) is 7.63. The van der Waals surface area contributed by atoms with Crippen LogP contribution in [0.15, 0.2) is 29.2 Å². The van der Waals surface area contributed by atoms with Crippen LogP contribution >= 0.6 is 11.8 Å². The van der Waals surface area contributed by atoms with Crippen LogP contribution < -0.4 is 5.32 Å². The van der Waals surface area contributed by atoms with Gasteiger partial charge in [0.1, 0.15) is 0 Å². The van der Waals surface area contributed by atoms with E-state index < -0.39 is 0 Å². The number of anilines is 1. The molecule has 6 heteroatoms. The van der Waals surface area contributed by atoms with E-state index in [9.17, 15) is 4.79 Å². The zero-order valence-electron chi connectivity index (χ0n) is 15.1. The third-order valence-corrected chi connectivity index (χ3v) is 5.82. The first-order valence-electron chi connectivity index (χ1n) is 9.28. The third kappa shape index (κ3) is 5.36. The van der Waals surface area contributed by atoms with Gasteiger partial charge in [-0.25, -0.2) is 4.79 Å². The van der Waals surface area contributed by atoms with Gasteiger partial charge in [0.25, 0.3) is 0 Å². The molecule has 0 saturated carbocycles. The normalized spacial score (nSPS) is 22.0. The Balaban J connectivity index is 1.56. The van der Waals surface area contributed by atoms with Crippen molar-refractivity contribution in [2.24, 2.45) is 0 Å². The van der Waals surface area contributed by atoms with E-state index in [0.717, 1.165) is 64.3 Å². The Labute approximate surface area is 155 Å². The van der Waals surface area contributed by atoms with Crippen molar-refractivity contribution in [1.82, 2.24) is 9.80 Å². The maximum atomic E-state index is 12.8. The number of nitrogens with one attached hydrogen (secondary N) is 1. The molecule has 2 heterocycles. The minimum atomic E-state index is 0.0462. The molecule has 2 saturated heterocycles. The number of nitrogens with zero attached hydrogens (tertiary/aromatic N) is 2. The van der Waals surface area contributed by atoms with Gasteiger partial charge in [-0.05, 0) is 50.1 Å². The Bertz CT molecular complexity index is 563. The number of hydrogen-bond donors (Lipinski definition) is 1. The van der Waals surface area contributed by atoms with Gasteiger partial charge in [0, 0.05) is 42.8 Å². The first kappa shape index (κ1) is 18.5. The van der Waals surface area contributed by atoms with Crippen molar-refractivity contribution in [3.05, 3.63) is 24.3 Å². The van der Waals surface area contributed by atoms with E-state index in [4.69, 9.17) is 4.74 Å². The number of rotatable bonds is 5. The molecule has 1 atom stereocenters. The molecule has 2 amide bonds. The summed E-state index contributed by atoms with van der Waals surface area (Å²) in [7, 11) is 0. The minimum Gasteiger partial charge on any atom is -0.379 e. The summed E-state index contributed by atoms with van der Waals surface area (Å²) in [5.41, 5.74) is 0.884. The molecule has 0 bridgehead atoms. The van der Waals surface area contributed by atoms with Gasteiger partial charge in [0.2, 0.25) is 0 Å². The Hall–Kier alpha value is -1.24. The molecule has 2 fully saturated rings. The predicted molar refractivity (Wildman–Crippen MR) is 103 cm³/mol. The van der Waals surface area contributed by atoms with Crippen molar-refractivity contribution in [2.75, 3.05) is 51.0 Å². The smallest absolute Gasteiger partial charge is 0.322 e. The zero-order valence-corrected chi connectivity index (χ0v) is 15.9. The number of likely N-dealkylation sites (tertiary alicyclic amines) is 1. The second kappa shape index (κ2) is 9.46. The largest absolute Gasteiger partial charge is 0.379 e. The van der Waals surface area contributed by atoms with Gasteiger partial charge in [-0.1, -0.05) is 6.07 Å². The highest BCUT2D eigenvalue weighted by Gasteiger charge is 2.27. The van der Waals surface area contributed by atoms with E-state index in [1.807, 2.05) is 24.5 Å². The van der Waals surface area contributed by atoms with Gasteiger partial charge in [0.05, 0.1) is 13.2 Å². The fraction of sp³-hybridized carbons (Fsp3) is 0.632. The van der Waals surface area contributed by atoms with E-state index in [-0.39, 0.29) is 6.03 Å². The number of carbonyl (C=O) groups excluding carboxylic acids is 1. The average Bonchev–Trinajstić information content (AvgIpc) is 2.67. The summed E-state index contributed by atoms with van der Waals surface area (Å²) in [6, 6.07) is 8.45. The van der Waals surface area contributed by atoms with Gasteiger partial charge in [-0.15, -0.1) is 11.8 Å². The average molecular weight is 364 g/mol. The first-order chi connectivity index (χ1) is 12.3. The van der Waals surface area contributed by atoms with Crippen LogP contribution in [0, 0.1) is 0 Å². The van der Waals surface area contributed by atoms with Crippen LogP contribution in [0.1, 0.15) is 25.7 Å². The van der Waals surface area contributed by atoms with Crippen molar-refractivity contribution < 1.29 is 9.53 Å². The molecular formula is C19H29N3O2S. The molecule has 0 spiro atoms. The van der Waals surface area contributed by atoms with E-state index >= 15 is 0 Å². The summed E-state index contributed by atoms with van der Waals surface area (Å²) in [5, 5.41) is 3.09. The minimum absolute atomic E-state index is 0.0462. The number of benzene rings is 1. The Morgan fingerprint density at radius 3 is 2.92 bits per heavy atom. The number of piperidine rings is 1. The number of amides is 2. The van der Waals surface area contributed by atoms with Crippen LogP contribution in [0.4, 0.5) is 10.5 Å². The van der Waals surface area contributed by atoms with Crippen LogP contribution in [0.5, 0.6) is 0 Å². The Kier molecular flexibility index (Phi) is 7.02. The predicted octanol–water partition coefficient (Wildman–Crippen LogP) is 3.52. The fourth-order valence-electron chi connectivity index (χ4n) is 3.62. The third-order valence-electron chi connectivity index (χ3n) is 5.09. The van der Waals surface area contributed by atoms with Crippen molar-refractivity contribution in [2.45, 2.75) is 36.6 Å². The standard InChI is InChI=1S/C19H29N3O2S/c1-25-18-7-4-5-16(15-18)20-19(23)22-9-3-2-6-17(22)8-10-21-11-13-24-14-12-21/h4-5,7,15,17H,2-3,6,8-14H2,1H3,(H,20,23). The molecular weight excluding hydrogens is 334 g/mol. The lowest BCUT2D eigenvalue weighted by Crippen LogP contribution is -2.48. The molecule has 2 aliphatic heterocycles. The summed E-state index contributed by atoms with van der Waals surface area (Å²) in [4.78, 5) is 18.5. The molecule has 1 aromatic rings. The second-order valence-electron chi connectivity index (χ2n) is 6.75. The van der Waals surface area contributed by atoms with Crippen molar-refractivity contribution in [3.63, 3.8) is 0 Å². The quantitative estimate of drug-likeness (QED) is 0.813. The molecule has 0 aliphatic carbocycles. The van der Waals surface area contributed by atoms with Crippen molar-refractivity contribution in [1.29, 1.82) is 0 Å². The lowest BCUT2D eigenvalue weighted by molar-refractivity contribution is 0.0329. The fourth-order valence-corrected chi connectivity index (χ4v) is 4.08. The molecule has 1 N–H and O–H groups in total. The summed E-state index contributed by atoms with van der Waals surface area (Å²) >= 11 is 1.69. The zero-order chi connectivity index (χ0) is 17.5. The lowest BCUT2D eigenvalue weighted by Gasteiger charge is -2.37. The lowest BCUT2D eigenvalue weighted by atomic mass is 9.99. The van der Waals surface area contributed by atoms with Gasteiger partial charge < -0.3 is 15.0 Å². The van der Waals surface area contributed by atoms with Crippen molar-refractivity contribution >= 4 is 23.5 Å². The molecule has 2 aliphatic rings. The van der Waals surface area contributed by atoms with Gasteiger partial charge >= 0.3 is 6.03 Å². The van der Waals surface area contributed by atoms with Crippen molar-refractivity contribution in [3.8, 4) is 0 Å². The molecule has 0 aromatic heterocycles. The Morgan fingerprint density at radius 2 is 2.12 bits per heavy atom. The Morgan fingerprint density at radius 1 is 1.28 bits per heavy atom. The highest BCUT2D eigenvalue weighted by molar-refractivity contribution is 7.98. The number of morpholine rings is 1. The molecule has 0 radical (unpaired) electrons. The van der Waals surface area contributed by atoms with E-state index in [0.29, 0.717) is 6.04 Å². The maximum Gasteiger partial charge on any atom is 0.322 e. The number of carbonyl (C=O) groups is 1. The number of hydrogen-bond acceptors (Lipinski definition) is 4. The summed E-state index contributed by atoms with van der Waals surface area (Å²) in [6.45, 7) is 5.61. The van der Waals surface area contributed by atoms with E-state index in [1.54, 1.807) is 11.8 Å². The number of thioether (sulfide) groups is 1. The SMILES string of the molecule is CSc1cccc(NC(=O)N2CCCCC2CCN2CCOCC2)c1. The molecule has 1 unspecified atom stereocenters. The number of ether oxygens (including phenoxy) is 1. The van der Waals surface area contributed by atoms with Crippen LogP contribution in [-0.4, -0.2) is 67.5 Å². The number of urea groups is 1. The van der Waals surface area contributed by atoms with Crippen LogP contribution in [0.25, 0.3) is 0 Å². The summed E-state index contributed by atoms with van der Waals surface area (Å²) in [6.07, 6.45) is 6.54. The van der Waals surface area contributed by atoms with Crippen LogP contribution in [0.3, 0.4) is 0 Å². The maximum absolute atomic E-state index is 12.8. The van der Waals surface area contributed by atoms with Gasteiger partial charge in [-0.2, -0.15) is 0 Å². The van der Waals surface area contributed by atoms with Crippen LogP contribution in [-0.2, 0) is 4.74 Å². The molecule has 25 heavy (non-hydrogen) atoms. The summed E-state index contributed by atoms with van der Waals surface area (Å²) in [5.74, 6) is 0. The molecule has 3 rings (SSSR count). The van der Waals surface area contributed by atoms with Gasteiger partial charge in [-0.3, -0.25) is 4.90 Å². The van der Waals surface area contributed by atoms with Gasteiger partial charge in [0.15, 0.2) is 0 Å². The molecule has 138 valence electrons. The van der Waals surface area contributed by atoms with E-state index in [2.05, 4.69) is 21.2 Å². The summed E-state index contributed by atoms with van der Waals surface area (Å²) < 4.78 is 5.42. The molecule has 1 aromatic carbocycles. The highest BCUT2D eigenvalue weighted by Crippen LogP contribution is 2.23. The highest BCUT2D eigenvalue weighted by atomic mass is 32.2. The monoisotopic (exact) mass is 363 g/mol. The van der Waals surface area contributed by atoms with E-state index in [1.165, 1.54) is 11.3 Å². The van der Waals surface area contributed by atoms with Crippen LogP contribution in [0.2, 0.25) is 0 Å². The molecule has 5 nitrogen and oxygen atoms in total.